The van der Waals surface area contributed by atoms with Crippen LogP contribution in [0.5, 0.6) is 0 Å². The zero-order chi connectivity index (χ0) is 17.1. The molecule has 0 aliphatic carbocycles. The third-order valence-corrected chi connectivity index (χ3v) is 4.81. The molecule has 0 radical (unpaired) electrons. The smallest absolute Gasteiger partial charge is 0.335 e. The molecule has 1 saturated heterocycles. The largest absolute Gasteiger partial charge is 0.478 e. The van der Waals surface area contributed by atoms with E-state index in [1.54, 1.807) is 18.2 Å². The number of nitrogens with zero attached hydrogens (tertiary/aromatic N) is 1. The molecule has 6 heteroatoms. The van der Waals surface area contributed by atoms with E-state index < -0.39 is 5.97 Å². The van der Waals surface area contributed by atoms with Crippen molar-refractivity contribution in [2.75, 3.05) is 19.7 Å². The van der Waals surface area contributed by atoms with Gasteiger partial charge in [0, 0.05) is 19.6 Å². The molecule has 1 aliphatic rings. The van der Waals surface area contributed by atoms with Gasteiger partial charge >= 0.3 is 5.97 Å². The molecule has 1 N–H and O–H groups in total. The first-order chi connectivity index (χ1) is 11.5. The lowest BCUT2D eigenvalue weighted by atomic mass is 10.1. The average Bonchev–Trinajstić information content (AvgIpc) is 2.58. The predicted octanol–water partition coefficient (Wildman–Crippen LogP) is 4.27. The number of carboxylic acids is 1. The quantitative estimate of drug-likeness (QED) is 0.878. The molecule has 0 saturated carbocycles. The Morgan fingerprint density at radius 3 is 2.58 bits per heavy atom. The van der Waals surface area contributed by atoms with Crippen molar-refractivity contribution in [3.63, 3.8) is 0 Å². The number of aromatic carboxylic acids is 1. The van der Waals surface area contributed by atoms with Gasteiger partial charge in [0.25, 0.3) is 0 Å². The maximum absolute atomic E-state index is 10.9. The molecule has 1 aliphatic heterocycles. The summed E-state index contributed by atoms with van der Waals surface area (Å²) in [5.74, 6) is -0.910. The summed E-state index contributed by atoms with van der Waals surface area (Å²) >= 11 is 12.1. The summed E-state index contributed by atoms with van der Waals surface area (Å²) in [4.78, 5) is 13.2. The molecule has 1 atom stereocenters. The van der Waals surface area contributed by atoms with Crippen molar-refractivity contribution in [1.82, 2.24) is 4.90 Å². The molecule has 4 nitrogen and oxygen atoms in total. The maximum Gasteiger partial charge on any atom is 0.335 e. The molecule has 0 amide bonds. The fourth-order valence-corrected chi connectivity index (χ4v) is 3.08. The summed E-state index contributed by atoms with van der Waals surface area (Å²) in [5.41, 5.74) is 2.39. The van der Waals surface area contributed by atoms with Crippen LogP contribution in [0.15, 0.2) is 42.5 Å². The van der Waals surface area contributed by atoms with Crippen LogP contribution in [-0.4, -0.2) is 35.7 Å². The molecule has 126 valence electrons. The molecule has 24 heavy (non-hydrogen) atoms. The number of morpholine rings is 1. The Bertz CT molecular complexity index is 734. The summed E-state index contributed by atoms with van der Waals surface area (Å²) in [6.07, 6.45) is -0.0493. The van der Waals surface area contributed by atoms with E-state index in [0.717, 1.165) is 30.8 Å². The second-order valence-electron chi connectivity index (χ2n) is 5.77. The molecule has 1 fully saturated rings. The number of carboxylic acid groups (broad SMARTS) is 1. The van der Waals surface area contributed by atoms with Crippen LogP contribution in [0.2, 0.25) is 10.0 Å². The molecular weight excluding hydrogens is 349 g/mol. The monoisotopic (exact) mass is 365 g/mol. The first-order valence-corrected chi connectivity index (χ1v) is 8.39. The van der Waals surface area contributed by atoms with E-state index in [0.29, 0.717) is 22.2 Å². The van der Waals surface area contributed by atoms with Gasteiger partial charge in [0.1, 0.15) is 0 Å². The molecule has 1 unspecified atom stereocenters. The van der Waals surface area contributed by atoms with Crippen LogP contribution in [0.3, 0.4) is 0 Å². The Labute approximate surface area is 150 Å². The van der Waals surface area contributed by atoms with E-state index in [-0.39, 0.29) is 6.10 Å². The van der Waals surface area contributed by atoms with E-state index in [2.05, 4.69) is 4.90 Å². The Balaban J connectivity index is 1.66. The molecule has 1 heterocycles. The van der Waals surface area contributed by atoms with Gasteiger partial charge in [-0.15, -0.1) is 0 Å². The number of hydrogen-bond acceptors (Lipinski definition) is 3. The topological polar surface area (TPSA) is 49.8 Å². The number of benzene rings is 2. The second-order valence-corrected chi connectivity index (χ2v) is 6.58. The third-order valence-electron chi connectivity index (χ3n) is 4.07. The zero-order valence-electron chi connectivity index (χ0n) is 12.9. The summed E-state index contributed by atoms with van der Waals surface area (Å²) in [7, 11) is 0. The first-order valence-electron chi connectivity index (χ1n) is 7.64. The van der Waals surface area contributed by atoms with E-state index in [4.69, 9.17) is 33.0 Å². The van der Waals surface area contributed by atoms with Gasteiger partial charge in [-0.25, -0.2) is 4.79 Å². The van der Waals surface area contributed by atoms with E-state index in [9.17, 15) is 4.79 Å². The second kappa shape index (κ2) is 7.53. The highest BCUT2D eigenvalue weighted by atomic mass is 35.5. The van der Waals surface area contributed by atoms with Crippen molar-refractivity contribution < 1.29 is 14.6 Å². The van der Waals surface area contributed by atoms with Gasteiger partial charge in [-0.1, -0.05) is 41.4 Å². The standard InChI is InChI=1S/C18H17Cl2NO3/c19-15-6-5-14(9-16(15)20)17-11-21(7-8-24-17)10-12-1-3-13(4-2-12)18(22)23/h1-6,9,17H,7-8,10-11H2,(H,22,23). The Hall–Kier alpha value is -1.59. The van der Waals surface area contributed by atoms with Crippen molar-refractivity contribution in [1.29, 1.82) is 0 Å². The van der Waals surface area contributed by atoms with Crippen LogP contribution in [0.4, 0.5) is 0 Å². The molecule has 2 aromatic rings. The number of rotatable bonds is 4. The van der Waals surface area contributed by atoms with E-state index in [1.807, 2.05) is 24.3 Å². The maximum atomic E-state index is 10.9. The van der Waals surface area contributed by atoms with Crippen LogP contribution in [0, 0.1) is 0 Å². The van der Waals surface area contributed by atoms with Gasteiger partial charge < -0.3 is 9.84 Å². The molecule has 2 aromatic carbocycles. The minimum atomic E-state index is -0.910. The summed E-state index contributed by atoms with van der Waals surface area (Å²) in [6.45, 7) is 2.97. The van der Waals surface area contributed by atoms with E-state index in [1.165, 1.54) is 0 Å². The van der Waals surface area contributed by atoms with Crippen molar-refractivity contribution in [2.45, 2.75) is 12.6 Å². The third kappa shape index (κ3) is 4.08. The zero-order valence-corrected chi connectivity index (χ0v) is 14.4. The minimum absolute atomic E-state index is 0.0493. The summed E-state index contributed by atoms with van der Waals surface area (Å²) in [6, 6.07) is 12.5. The minimum Gasteiger partial charge on any atom is -0.478 e. The highest BCUT2D eigenvalue weighted by Crippen LogP contribution is 2.29. The lowest BCUT2D eigenvalue weighted by molar-refractivity contribution is -0.0329. The van der Waals surface area contributed by atoms with E-state index >= 15 is 0 Å². The molecule has 0 spiro atoms. The molecule has 0 aromatic heterocycles. The molecular formula is C18H17Cl2NO3. The van der Waals surface area contributed by atoms with Crippen LogP contribution in [0.25, 0.3) is 0 Å². The number of ether oxygens (including phenoxy) is 1. The van der Waals surface area contributed by atoms with Gasteiger partial charge in [-0.2, -0.15) is 0 Å². The van der Waals surface area contributed by atoms with Crippen LogP contribution >= 0.6 is 23.2 Å². The number of carbonyl (C=O) groups is 1. The fourth-order valence-electron chi connectivity index (χ4n) is 2.77. The number of halogens is 2. The predicted molar refractivity (Wildman–Crippen MR) is 93.8 cm³/mol. The summed E-state index contributed by atoms with van der Waals surface area (Å²) < 4.78 is 5.86. The van der Waals surface area contributed by atoms with Gasteiger partial charge in [-0.3, -0.25) is 4.90 Å². The Morgan fingerprint density at radius 1 is 1.17 bits per heavy atom. The Morgan fingerprint density at radius 2 is 1.92 bits per heavy atom. The highest BCUT2D eigenvalue weighted by Gasteiger charge is 2.22. The average molecular weight is 366 g/mol. The molecule has 0 bridgehead atoms. The van der Waals surface area contributed by atoms with Gasteiger partial charge in [0.2, 0.25) is 0 Å². The van der Waals surface area contributed by atoms with Crippen molar-refractivity contribution in [2.24, 2.45) is 0 Å². The lowest BCUT2D eigenvalue weighted by Gasteiger charge is -2.33. The number of hydrogen-bond donors (Lipinski definition) is 1. The van der Waals surface area contributed by atoms with Gasteiger partial charge in [0.05, 0.1) is 28.3 Å². The van der Waals surface area contributed by atoms with Gasteiger partial charge in [-0.05, 0) is 35.4 Å². The lowest BCUT2D eigenvalue weighted by Crippen LogP contribution is -2.37. The highest BCUT2D eigenvalue weighted by molar-refractivity contribution is 6.42. The SMILES string of the molecule is O=C(O)c1ccc(CN2CCOC(c3ccc(Cl)c(Cl)c3)C2)cc1. The fraction of sp³-hybridized carbons (Fsp3) is 0.278. The van der Waals surface area contributed by atoms with Crippen molar-refractivity contribution in [3.8, 4) is 0 Å². The van der Waals surface area contributed by atoms with Gasteiger partial charge in [0.15, 0.2) is 0 Å². The first kappa shape index (κ1) is 17.2. The van der Waals surface area contributed by atoms with Crippen molar-refractivity contribution in [3.05, 3.63) is 69.2 Å². The normalized spacial score (nSPS) is 18.5. The van der Waals surface area contributed by atoms with Crippen LogP contribution < -0.4 is 0 Å². The van der Waals surface area contributed by atoms with Crippen LogP contribution in [0.1, 0.15) is 27.6 Å². The Kier molecular flexibility index (Phi) is 5.41. The summed E-state index contributed by atoms with van der Waals surface area (Å²) in [5, 5.41) is 10.0. The molecule has 3 rings (SSSR count). The van der Waals surface area contributed by atoms with Crippen molar-refractivity contribution >= 4 is 29.2 Å². The van der Waals surface area contributed by atoms with Crippen LogP contribution in [-0.2, 0) is 11.3 Å².